The van der Waals surface area contributed by atoms with Gasteiger partial charge in [-0.3, -0.25) is 11.3 Å². The molecule has 0 saturated heterocycles. The molecule has 1 aromatic carbocycles. The summed E-state index contributed by atoms with van der Waals surface area (Å²) < 4.78 is 0. The van der Waals surface area contributed by atoms with E-state index in [1.165, 1.54) is 36.1 Å². The third-order valence-corrected chi connectivity index (χ3v) is 4.64. The monoisotopic (exact) mass is 280 g/mol. The molecule has 2 unspecified atom stereocenters. The molecule has 2 atom stereocenters. The van der Waals surface area contributed by atoms with Crippen molar-refractivity contribution in [2.75, 3.05) is 6.26 Å². The van der Waals surface area contributed by atoms with Gasteiger partial charge in [0.05, 0.1) is 0 Å². The lowest BCUT2D eigenvalue weighted by Crippen LogP contribution is -2.30. The molecular weight excluding hydrogens is 252 g/mol. The van der Waals surface area contributed by atoms with Crippen LogP contribution in [-0.2, 0) is 0 Å². The van der Waals surface area contributed by atoms with E-state index in [1.807, 2.05) is 0 Å². The predicted molar refractivity (Wildman–Crippen MR) is 86.2 cm³/mol. The standard InChI is InChI=1S/C16H28N2S/c1-4-6-9-13(5-2)12-15(18-17)14-10-7-8-11-16(14)19-3/h7-8,10-11,13,15,18H,4-6,9,12,17H2,1-3H3. The summed E-state index contributed by atoms with van der Waals surface area (Å²) in [6.45, 7) is 4.54. The Labute approximate surface area is 122 Å². The molecule has 0 aromatic heterocycles. The van der Waals surface area contributed by atoms with Gasteiger partial charge in [-0.1, -0.05) is 57.7 Å². The molecule has 0 spiro atoms. The van der Waals surface area contributed by atoms with Crippen molar-refractivity contribution < 1.29 is 0 Å². The van der Waals surface area contributed by atoms with Crippen molar-refractivity contribution in [3.8, 4) is 0 Å². The summed E-state index contributed by atoms with van der Waals surface area (Å²) >= 11 is 1.80. The number of hydrazine groups is 1. The highest BCUT2D eigenvalue weighted by Crippen LogP contribution is 2.31. The Morgan fingerprint density at radius 2 is 2.00 bits per heavy atom. The molecule has 0 heterocycles. The topological polar surface area (TPSA) is 38.0 Å². The first-order valence-electron chi connectivity index (χ1n) is 7.35. The second-order valence-corrected chi connectivity index (χ2v) is 5.96. The maximum Gasteiger partial charge on any atom is 0.0473 e. The highest BCUT2D eigenvalue weighted by molar-refractivity contribution is 7.98. The zero-order valence-electron chi connectivity index (χ0n) is 12.5. The molecule has 0 aliphatic heterocycles. The third-order valence-electron chi connectivity index (χ3n) is 3.83. The van der Waals surface area contributed by atoms with E-state index in [0.717, 1.165) is 12.3 Å². The maximum absolute atomic E-state index is 5.80. The van der Waals surface area contributed by atoms with Crippen LogP contribution in [0.1, 0.15) is 57.6 Å². The van der Waals surface area contributed by atoms with Gasteiger partial charge in [-0.05, 0) is 30.2 Å². The minimum Gasteiger partial charge on any atom is -0.271 e. The summed E-state index contributed by atoms with van der Waals surface area (Å²) in [4.78, 5) is 1.33. The zero-order chi connectivity index (χ0) is 14.1. The summed E-state index contributed by atoms with van der Waals surface area (Å²) in [5.74, 6) is 6.56. The van der Waals surface area contributed by atoms with Gasteiger partial charge >= 0.3 is 0 Å². The van der Waals surface area contributed by atoms with E-state index < -0.39 is 0 Å². The SMILES string of the molecule is CCCCC(CC)CC(NN)c1ccccc1SC. The van der Waals surface area contributed by atoms with Crippen molar-refractivity contribution >= 4 is 11.8 Å². The predicted octanol–water partition coefficient (Wildman–Crippen LogP) is 4.52. The number of benzene rings is 1. The van der Waals surface area contributed by atoms with Gasteiger partial charge in [0.2, 0.25) is 0 Å². The maximum atomic E-state index is 5.80. The molecule has 3 N–H and O–H groups in total. The van der Waals surface area contributed by atoms with Gasteiger partial charge in [0.25, 0.3) is 0 Å². The molecule has 108 valence electrons. The van der Waals surface area contributed by atoms with Crippen LogP contribution >= 0.6 is 11.8 Å². The molecule has 0 aliphatic rings. The molecule has 2 nitrogen and oxygen atoms in total. The molecule has 1 aromatic rings. The Balaban J connectivity index is 2.75. The number of nitrogens with two attached hydrogens (primary N) is 1. The Bertz CT molecular complexity index is 354. The molecular formula is C16H28N2S. The Kier molecular flexibility index (Phi) is 8.19. The average Bonchev–Trinajstić information content (AvgIpc) is 2.47. The van der Waals surface area contributed by atoms with E-state index in [9.17, 15) is 0 Å². The van der Waals surface area contributed by atoms with Crippen LogP contribution < -0.4 is 11.3 Å². The van der Waals surface area contributed by atoms with E-state index in [4.69, 9.17) is 5.84 Å². The molecule has 3 heteroatoms. The minimum atomic E-state index is 0.269. The quantitative estimate of drug-likeness (QED) is 0.397. The van der Waals surface area contributed by atoms with Crippen LogP contribution in [0.2, 0.25) is 0 Å². The van der Waals surface area contributed by atoms with Crippen molar-refractivity contribution in [1.82, 2.24) is 5.43 Å². The van der Waals surface area contributed by atoms with Crippen molar-refractivity contribution in [2.45, 2.75) is 56.9 Å². The Morgan fingerprint density at radius 1 is 1.26 bits per heavy atom. The van der Waals surface area contributed by atoms with Crippen LogP contribution in [0.25, 0.3) is 0 Å². The summed E-state index contributed by atoms with van der Waals surface area (Å²) in [5.41, 5.74) is 4.36. The first-order valence-corrected chi connectivity index (χ1v) is 8.58. The van der Waals surface area contributed by atoms with Crippen molar-refractivity contribution in [2.24, 2.45) is 11.8 Å². The number of thioether (sulfide) groups is 1. The van der Waals surface area contributed by atoms with Crippen LogP contribution in [0.5, 0.6) is 0 Å². The highest BCUT2D eigenvalue weighted by atomic mass is 32.2. The van der Waals surface area contributed by atoms with Crippen LogP contribution in [0.4, 0.5) is 0 Å². The fourth-order valence-electron chi connectivity index (χ4n) is 2.55. The second-order valence-electron chi connectivity index (χ2n) is 5.11. The molecule has 0 aliphatic carbocycles. The summed E-state index contributed by atoms with van der Waals surface area (Å²) in [6, 6.07) is 8.84. The second kappa shape index (κ2) is 9.40. The first-order chi connectivity index (χ1) is 9.26. The van der Waals surface area contributed by atoms with Gasteiger partial charge in [-0.25, -0.2) is 0 Å². The summed E-state index contributed by atoms with van der Waals surface area (Å²) in [7, 11) is 0. The molecule has 1 rings (SSSR count). The van der Waals surface area contributed by atoms with Crippen LogP contribution in [0.3, 0.4) is 0 Å². The van der Waals surface area contributed by atoms with Gasteiger partial charge in [0, 0.05) is 10.9 Å². The third kappa shape index (κ3) is 5.17. The molecule has 19 heavy (non-hydrogen) atoms. The average molecular weight is 280 g/mol. The van der Waals surface area contributed by atoms with Gasteiger partial charge < -0.3 is 0 Å². The molecule has 0 radical (unpaired) electrons. The van der Waals surface area contributed by atoms with Crippen molar-refractivity contribution in [1.29, 1.82) is 0 Å². The van der Waals surface area contributed by atoms with Crippen LogP contribution in [0, 0.1) is 5.92 Å². The molecule has 0 amide bonds. The first kappa shape index (κ1) is 16.5. The molecule has 0 fully saturated rings. The minimum absolute atomic E-state index is 0.269. The fraction of sp³-hybridized carbons (Fsp3) is 0.625. The zero-order valence-corrected chi connectivity index (χ0v) is 13.3. The number of unbranched alkanes of at least 4 members (excludes halogenated alkanes) is 1. The molecule has 0 saturated carbocycles. The van der Waals surface area contributed by atoms with Crippen molar-refractivity contribution in [3.63, 3.8) is 0 Å². The number of hydrogen-bond donors (Lipinski definition) is 2. The van der Waals surface area contributed by atoms with E-state index in [0.29, 0.717) is 0 Å². The van der Waals surface area contributed by atoms with Gasteiger partial charge in [0.1, 0.15) is 0 Å². The van der Waals surface area contributed by atoms with E-state index in [1.54, 1.807) is 11.8 Å². The Morgan fingerprint density at radius 3 is 2.58 bits per heavy atom. The fourth-order valence-corrected chi connectivity index (χ4v) is 3.21. The van der Waals surface area contributed by atoms with E-state index >= 15 is 0 Å². The van der Waals surface area contributed by atoms with Crippen LogP contribution in [-0.4, -0.2) is 6.26 Å². The summed E-state index contributed by atoms with van der Waals surface area (Å²) in [5, 5.41) is 0. The lowest BCUT2D eigenvalue weighted by Gasteiger charge is -2.24. The Hall–Kier alpha value is -0.510. The van der Waals surface area contributed by atoms with Gasteiger partial charge in [-0.15, -0.1) is 11.8 Å². The largest absolute Gasteiger partial charge is 0.271 e. The lowest BCUT2D eigenvalue weighted by atomic mass is 9.89. The van der Waals surface area contributed by atoms with Crippen LogP contribution in [0.15, 0.2) is 29.2 Å². The van der Waals surface area contributed by atoms with Gasteiger partial charge in [-0.2, -0.15) is 0 Å². The van der Waals surface area contributed by atoms with Gasteiger partial charge in [0.15, 0.2) is 0 Å². The summed E-state index contributed by atoms with van der Waals surface area (Å²) in [6.07, 6.45) is 8.40. The lowest BCUT2D eigenvalue weighted by molar-refractivity contribution is 0.354. The smallest absolute Gasteiger partial charge is 0.0473 e. The normalized spacial score (nSPS) is 14.3. The number of hydrogen-bond acceptors (Lipinski definition) is 3. The highest BCUT2D eigenvalue weighted by Gasteiger charge is 2.18. The number of rotatable bonds is 9. The van der Waals surface area contributed by atoms with E-state index in [2.05, 4.69) is 49.8 Å². The van der Waals surface area contributed by atoms with Crippen molar-refractivity contribution in [3.05, 3.63) is 29.8 Å². The molecule has 0 bridgehead atoms. The van der Waals surface area contributed by atoms with E-state index in [-0.39, 0.29) is 6.04 Å². The number of nitrogens with one attached hydrogen (secondary N) is 1.